The molecule has 3 nitrogen and oxygen atoms in total. The third-order valence-corrected chi connectivity index (χ3v) is 5.12. The summed E-state index contributed by atoms with van der Waals surface area (Å²) < 4.78 is 36.8. The van der Waals surface area contributed by atoms with Gasteiger partial charge in [-0.25, -0.2) is 17.9 Å². The lowest BCUT2D eigenvalue weighted by Gasteiger charge is -2.10. The van der Waals surface area contributed by atoms with Crippen molar-refractivity contribution in [2.75, 3.05) is 0 Å². The van der Waals surface area contributed by atoms with Gasteiger partial charge in [-0.1, -0.05) is 35.9 Å². The summed E-state index contributed by atoms with van der Waals surface area (Å²) in [5.74, 6) is -0.798. The van der Waals surface area contributed by atoms with Gasteiger partial charge in [-0.2, -0.15) is 0 Å². The van der Waals surface area contributed by atoms with E-state index in [0.29, 0.717) is 0 Å². The molecule has 0 atom stereocenters. The number of hydrogen-bond acceptors (Lipinski definition) is 2. The zero-order chi connectivity index (χ0) is 16.6. The number of hydrogen-bond donors (Lipinski definition) is 1. The molecule has 0 aromatic heterocycles. The van der Waals surface area contributed by atoms with Crippen LogP contribution < -0.4 is 5.14 Å². The summed E-state index contributed by atoms with van der Waals surface area (Å²) in [6.07, 6.45) is 2.81. The molecule has 0 bridgehead atoms. The van der Waals surface area contributed by atoms with Crippen molar-refractivity contribution in [3.63, 3.8) is 0 Å². The maximum absolute atomic E-state index is 14.1. The highest BCUT2D eigenvalue weighted by Gasteiger charge is 2.20. The average molecular weight is 331 g/mol. The van der Waals surface area contributed by atoms with E-state index >= 15 is 0 Å². The van der Waals surface area contributed by atoms with E-state index in [-0.39, 0.29) is 0 Å². The predicted octanol–water partition coefficient (Wildman–Crippen LogP) is 3.88. The predicted molar refractivity (Wildman–Crippen MR) is 89.6 cm³/mol. The van der Waals surface area contributed by atoms with Gasteiger partial charge < -0.3 is 0 Å². The van der Waals surface area contributed by atoms with E-state index in [4.69, 9.17) is 5.14 Å². The fourth-order valence-corrected chi connectivity index (χ4v) is 3.72. The van der Waals surface area contributed by atoms with E-state index in [1.165, 1.54) is 23.3 Å². The van der Waals surface area contributed by atoms with Gasteiger partial charge in [-0.05, 0) is 60.6 Å². The Balaban J connectivity index is 2.10. The van der Waals surface area contributed by atoms with Gasteiger partial charge >= 0.3 is 0 Å². The molecular formula is C18H18FNO2S. The largest absolute Gasteiger partial charge is 0.240 e. The van der Waals surface area contributed by atoms with Crippen LogP contribution in [0.15, 0.2) is 47.4 Å². The van der Waals surface area contributed by atoms with Gasteiger partial charge in [0, 0.05) is 0 Å². The van der Waals surface area contributed by atoms with Crippen LogP contribution in [-0.2, 0) is 10.0 Å². The molecule has 0 spiro atoms. The summed E-state index contributed by atoms with van der Waals surface area (Å²) in [7, 11) is -4.04. The van der Waals surface area contributed by atoms with Crippen LogP contribution in [-0.4, -0.2) is 8.42 Å². The highest BCUT2D eigenvalue weighted by atomic mass is 32.2. The Bertz CT molecular complexity index is 901. The lowest BCUT2D eigenvalue weighted by atomic mass is 9.96. The molecule has 1 aliphatic carbocycles. The molecule has 2 aromatic carbocycles. The van der Waals surface area contributed by atoms with Crippen molar-refractivity contribution >= 4 is 21.2 Å². The summed E-state index contributed by atoms with van der Waals surface area (Å²) in [6.45, 7) is 2.04. The molecule has 120 valence electrons. The summed E-state index contributed by atoms with van der Waals surface area (Å²) in [6, 6.07) is 12.4. The molecule has 0 saturated heterocycles. The number of primary sulfonamides is 1. The van der Waals surface area contributed by atoms with Crippen LogP contribution in [0.25, 0.3) is 11.1 Å². The highest BCUT2D eigenvalue weighted by molar-refractivity contribution is 7.89. The van der Waals surface area contributed by atoms with Crippen LogP contribution in [0.2, 0.25) is 0 Å². The zero-order valence-corrected chi connectivity index (χ0v) is 13.7. The number of aryl methyl sites for hydroxylation is 1. The first kappa shape index (κ1) is 15.9. The topological polar surface area (TPSA) is 60.2 Å². The van der Waals surface area contributed by atoms with Gasteiger partial charge in [-0.3, -0.25) is 0 Å². The summed E-state index contributed by atoms with van der Waals surface area (Å²) in [5, 5.41) is 5.02. The molecule has 0 aliphatic heterocycles. The molecule has 0 amide bonds. The molecule has 23 heavy (non-hydrogen) atoms. The molecule has 0 heterocycles. The molecule has 5 heteroatoms. The van der Waals surface area contributed by atoms with Gasteiger partial charge in [0.15, 0.2) is 0 Å². The van der Waals surface area contributed by atoms with Gasteiger partial charge in [0.2, 0.25) is 10.0 Å². The van der Waals surface area contributed by atoms with Crippen LogP contribution >= 0.6 is 0 Å². The first-order valence-corrected chi connectivity index (χ1v) is 9.02. The number of halogens is 1. The Labute approximate surface area is 135 Å². The standard InChI is InChI=1S/C18H18FNO2S/c1-12-4-2-5-13(10-12)15-6-3-7-16(15)14-8-9-18(17(19)11-14)23(20,21)22/h2,4-5,8-11H,3,6-7H2,1H3,(H2,20,21,22). The van der Waals surface area contributed by atoms with Crippen molar-refractivity contribution in [1.29, 1.82) is 0 Å². The van der Waals surface area contributed by atoms with Crippen molar-refractivity contribution in [3.05, 3.63) is 65.0 Å². The number of rotatable bonds is 3. The highest BCUT2D eigenvalue weighted by Crippen LogP contribution is 2.40. The zero-order valence-electron chi connectivity index (χ0n) is 12.8. The van der Waals surface area contributed by atoms with Crippen LogP contribution in [0, 0.1) is 12.7 Å². The van der Waals surface area contributed by atoms with Crippen molar-refractivity contribution < 1.29 is 12.8 Å². The second-order valence-electron chi connectivity index (χ2n) is 5.87. The van der Waals surface area contributed by atoms with Gasteiger partial charge in [-0.15, -0.1) is 0 Å². The maximum atomic E-state index is 14.1. The van der Waals surface area contributed by atoms with E-state index in [0.717, 1.165) is 36.0 Å². The molecule has 0 saturated carbocycles. The quantitative estimate of drug-likeness (QED) is 0.928. The van der Waals surface area contributed by atoms with Crippen LogP contribution in [0.1, 0.15) is 36.0 Å². The van der Waals surface area contributed by atoms with E-state index < -0.39 is 20.7 Å². The fourth-order valence-electron chi connectivity index (χ4n) is 3.13. The summed E-state index contributed by atoms with van der Waals surface area (Å²) in [4.78, 5) is -0.461. The smallest absolute Gasteiger partial charge is 0.225 e. The minimum absolute atomic E-state index is 0.461. The average Bonchev–Trinajstić information content (AvgIpc) is 2.95. The summed E-state index contributed by atoms with van der Waals surface area (Å²) >= 11 is 0. The van der Waals surface area contributed by atoms with E-state index in [2.05, 4.69) is 12.1 Å². The van der Waals surface area contributed by atoms with Crippen LogP contribution in [0.3, 0.4) is 0 Å². The fraction of sp³-hybridized carbons (Fsp3) is 0.222. The Morgan fingerprint density at radius 2 is 1.65 bits per heavy atom. The number of allylic oxidation sites excluding steroid dienone is 2. The normalized spacial score (nSPS) is 15.3. The molecule has 0 fully saturated rings. The first-order chi connectivity index (χ1) is 10.9. The van der Waals surface area contributed by atoms with Gasteiger partial charge in [0.1, 0.15) is 10.7 Å². The lowest BCUT2D eigenvalue weighted by molar-refractivity contribution is 0.568. The van der Waals surface area contributed by atoms with E-state index in [1.54, 1.807) is 6.07 Å². The Morgan fingerprint density at radius 3 is 2.22 bits per heavy atom. The maximum Gasteiger partial charge on any atom is 0.240 e. The molecular weight excluding hydrogens is 313 g/mol. The van der Waals surface area contributed by atoms with E-state index in [1.807, 2.05) is 19.1 Å². The third kappa shape index (κ3) is 3.21. The third-order valence-electron chi connectivity index (χ3n) is 4.17. The SMILES string of the molecule is Cc1cccc(C2=C(c3ccc(S(N)(=O)=O)c(F)c3)CCC2)c1. The van der Waals surface area contributed by atoms with Crippen molar-refractivity contribution in [1.82, 2.24) is 0 Å². The Kier molecular flexibility index (Phi) is 4.08. The Hall–Kier alpha value is -1.98. The number of nitrogens with two attached hydrogens (primary N) is 1. The summed E-state index contributed by atoms with van der Waals surface area (Å²) in [5.41, 5.74) is 5.33. The minimum Gasteiger partial charge on any atom is -0.225 e. The molecule has 0 radical (unpaired) electrons. The van der Waals surface area contributed by atoms with Gasteiger partial charge in [0.25, 0.3) is 0 Å². The monoisotopic (exact) mass is 331 g/mol. The number of sulfonamides is 1. The van der Waals surface area contributed by atoms with Crippen LogP contribution in [0.5, 0.6) is 0 Å². The second-order valence-corrected chi connectivity index (χ2v) is 7.40. The second kappa shape index (κ2) is 5.91. The molecule has 2 aromatic rings. The molecule has 1 aliphatic rings. The van der Waals surface area contributed by atoms with Gasteiger partial charge in [0.05, 0.1) is 0 Å². The van der Waals surface area contributed by atoms with Crippen LogP contribution in [0.4, 0.5) is 4.39 Å². The Morgan fingerprint density at radius 1 is 1.00 bits per heavy atom. The van der Waals surface area contributed by atoms with Crippen molar-refractivity contribution in [2.45, 2.75) is 31.1 Å². The molecule has 3 rings (SSSR count). The minimum atomic E-state index is -4.04. The number of benzene rings is 2. The van der Waals surface area contributed by atoms with Crippen molar-refractivity contribution in [2.24, 2.45) is 5.14 Å². The molecule has 0 unspecified atom stereocenters. The first-order valence-electron chi connectivity index (χ1n) is 7.48. The van der Waals surface area contributed by atoms with E-state index in [9.17, 15) is 12.8 Å². The van der Waals surface area contributed by atoms with Crippen molar-refractivity contribution in [3.8, 4) is 0 Å². The molecule has 2 N–H and O–H groups in total. The lowest BCUT2D eigenvalue weighted by Crippen LogP contribution is -2.14.